The van der Waals surface area contributed by atoms with Crippen molar-refractivity contribution in [2.24, 2.45) is 0 Å². The quantitative estimate of drug-likeness (QED) is 0.750. The van der Waals surface area contributed by atoms with E-state index in [4.69, 9.17) is 0 Å². The molecule has 0 aliphatic heterocycles. The Kier molecular flexibility index (Phi) is 3.61. The van der Waals surface area contributed by atoms with Crippen molar-refractivity contribution in [1.82, 2.24) is 0 Å². The maximum absolute atomic E-state index is 3.97. The molecule has 1 N–H and O–H groups in total. The number of para-hydroxylation sites is 2. The van der Waals surface area contributed by atoms with Crippen molar-refractivity contribution in [3.05, 3.63) is 72.3 Å². The fourth-order valence-electron chi connectivity index (χ4n) is 1.80. The lowest BCUT2D eigenvalue weighted by molar-refractivity contribution is 1.15. The molecule has 0 saturated carbocycles. The van der Waals surface area contributed by atoms with Crippen LogP contribution in [0.25, 0.3) is 0 Å². The zero-order chi connectivity index (χ0) is 12.1. The lowest BCUT2D eigenvalue weighted by Crippen LogP contribution is -1.96. The van der Waals surface area contributed by atoms with Gasteiger partial charge in [-0.25, -0.2) is 0 Å². The van der Waals surface area contributed by atoms with Gasteiger partial charge in [0.05, 0.1) is 0 Å². The van der Waals surface area contributed by atoms with E-state index in [0.717, 1.165) is 17.8 Å². The molecule has 0 spiro atoms. The van der Waals surface area contributed by atoms with Crippen LogP contribution in [0.5, 0.6) is 0 Å². The van der Waals surface area contributed by atoms with Crippen LogP contribution >= 0.6 is 0 Å². The Balaban J connectivity index is 2.23. The molecule has 0 fully saturated rings. The molecule has 2 rings (SSSR count). The van der Waals surface area contributed by atoms with Gasteiger partial charge < -0.3 is 5.32 Å². The molecular formula is C16H17N. The van der Waals surface area contributed by atoms with E-state index in [0.29, 0.717) is 0 Å². The zero-order valence-electron chi connectivity index (χ0n) is 10.1. The third kappa shape index (κ3) is 3.22. The third-order valence-electron chi connectivity index (χ3n) is 2.56. The van der Waals surface area contributed by atoms with Gasteiger partial charge in [-0.3, -0.25) is 0 Å². The highest BCUT2D eigenvalue weighted by atomic mass is 14.9. The normalized spacial score (nSPS) is 9.94. The van der Waals surface area contributed by atoms with Gasteiger partial charge in [0.25, 0.3) is 0 Å². The smallest absolute Gasteiger partial charge is 0.0420 e. The van der Waals surface area contributed by atoms with Crippen LogP contribution in [0, 0.1) is 0 Å². The molecule has 0 saturated heterocycles. The van der Waals surface area contributed by atoms with Crippen molar-refractivity contribution in [1.29, 1.82) is 0 Å². The van der Waals surface area contributed by atoms with Gasteiger partial charge in [-0.15, -0.1) is 0 Å². The summed E-state index contributed by atoms with van der Waals surface area (Å²) in [7, 11) is 0. The molecule has 0 aliphatic rings. The first-order valence-electron chi connectivity index (χ1n) is 5.80. The Morgan fingerprint density at radius 3 is 2.35 bits per heavy atom. The highest BCUT2D eigenvalue weighted by Crippen LogP contribution is 2.22. The summed E-state index contributed by atoms with van der Waals surface area (Å²) in [5, 5.41) is 3.44. The first-order valence-corrected chi connectivity index (χ1v) is 5.80. The van der Waals surface area contributed by atoms with Crippen molar-refractivity contribution in [3.8, 4) is 0 Å². The van der Waals surface area contributed by atoms with Gasteiger partial charge >= 0.3 is 0 Å². The van der Waals surface area contributed by atoms with Crippen molar-refractivity contribution in [2.75, 3.05) is 5.32 Å². The van der Waals surface area contributed by atoms with Crippen LogP contribution in [0.2, 0.25) is 0 Å². The average Bonchev–Trinajstić information content (AvgIpc) is 2.32. The summed E-state index contributed by atoms with van der Waals surface area (Å²) in [5.74, 6) is 0. The van der Waals surface area contributed by atoms with Crippen LogP contribution in [0.3, 0.4) is 0 Å². The topological polar surface area (TPSA) is 12.0 Å². The lowest BCUT2D eigenvalue weighted by atomic mass is 10.1. The van der Waals surface area contributed by atoms with E-state index in [1.165, 1.54) is 11.1 Å². The number of nitrogens with one attached hydrogen (secondary N) is 1. The van der Waals surface area contributed by atoms with Crippen LogP contribution in [0.15, 0.2) is 66.7 Å². The first kappa shape index (κ1) is 11.5. The fraction of sp³-hybridized carbons (Fsp3) is 0.125. The zero-order valence-corrected chi connectivity index (χ0v) is 10.1. The minimum Gasteiger partial charge on any atom is -0.355 e. The minimum atomic E-state index is 0.913. The molecule has 0 aliphatic carbocycles. The molecule has 17 heavy (non-hydrogen) atoms. The molecule has 0 heterocycles. The van der Waals surface area contributed by atoms with E-state index >= 15 is 0 Å². The molecule has 0 unspecified atom stereocenters. The number of benzene rings is 2. The van der Waals surface area contributed by atoms with E-state index in [1.807, 2.05) is 24.3 Å². The molecule has 1 heteroatoms. The van der Waals surface area contributed by atoms with E-state index in [1.54, 1.807) is 0 Å². The Morgan fingerprint density at radius 2 is 1.65 bits per heavy atom. The van der Waals surface area contributed by atoms with Crippen molar-refractivity contribution >= 4 is 11.4 Å². The average molecular weight is 223 g/mol. The van der Waals surface area contributed by atoms with Crippen LogP contribution in [0.1, 0.15) is 12.5 Å². The van der Waals surface area contributed by atoms with E-state index in [2.05, 4.69) is 49.2 Å². The monoisotopic (exact) mass is 223 g/mol. The van der Waals surface area contributed by atoms with Gasteiger partial charge in [-0.05, 0) is 37.1 Å². The largest absolute Gasteiger partial charge is 0.355 e. The number of allylic oxidation sites excluding steroid dienone is 1. The maximum atomic E-state index is 3.97. The summed E-state index contributed by atoms with van der Waals surface area (Å²) in [5.41, 5.74) is 4.72. The summed E-state index contributed by atoms with van der Waals surface area (Å²) in [6, 6.07) is 18.6. The number of anilines is 2. The molecule has 86 valence electrons. The van der Waals surface area contributed by atoms with Crippen LogP contribution in [0.4, 0.5) is 11.4 Å². The van der Waals surface area contributed by atoms with Crippen LogP contribution in [-0.4, -0.2) is 0 Å². The van der Waals surface area contributed by atoms with Gasteiger partial charge in [0.15, 0.2) is 0 Å². The third-order valence-corrected chi connectivity index (χ3v) is 2.56. The molecule has 2 aromatic carbocycles. The summed E-state index contributed by atoms with van der Waals surface area (Å²) in [4.78, 5) is 0. The van der Waals surface area contributed by atoms with Crippen LogP contribution in [-0.2, 0) is 6.42 Å². The Hall–Kier alpha value is -2.02. The number of hydrogen-bond acceptors (Lipinski definition) is 1. The molecule has 0 amide bonds. The van der Waals surface area contributed by atoms with E-state index < -0.39 is 0 Å². The van der Waals surface area contributed by atoms with Gasteiger partial charge in [0, 0.05) is 11.4 Å². The predicted molar refractivity (Wildman–Crippen MR) is 74.7 cm³/mol. The maximum Gasteiger partial charge on any atom is 0.0420 e. The summed E-state index contributed by atoms with van der Waals surface area (Å²) in [6.07, 6.45) is 0.913. The molecule has 1 nitrogen and oxygen atoms in total. The molecule has 0 radical (unpaired) electrons. The molecule has 0 aromatic heterocycles. The van der Waals surface area contributed by atoms with E-state index in [-0.39, 0.29) is 0 Å². The second-order valence-corrected chi connectivity index (χ2v) is 4.28. The second kappa shape index (κ2) is 5.35. The highest BCUT2D eigenvalue weighted by molar-refractivity contribution is 5.63. The standard InChI is InChI=1S/C16H17N/c1-13(2)12-14-8-6-7-11-16(14)17-15-9-4-3-5-10-15/h3-11,17H,1,12H2,2H3. The number of hydrogen-bond donors (Lipinski definition) is 1. The van der Waals surface area contributed by atoms with Crippen LogP contribution < -0.4 is 5.32 Å². The summed E-state index contributed by atoms with van der Waals surface area (Å²) in [6.45, 7) is 6.03. The SMILES string of the molecule is C=C(C)Cc1ccccc1Nc1ccccc1. The fourth-order valence-corrected chi connectivity index (χ4v) is 1.80. The van der Waals surface area contributed by atoms with Crippen molar-refractivity contribution < 1.29 is 0 Å². The minimum absolute atomic E-state index is 0.913. The van der Waals surface area contributed by atoms with Gasteiger partial charge in [0.2, 0.25) is 0 Å². The Bertz CT molecular complexity index is 500. The number of rotatable bonds is 4. The lowest BCUT2D eigenvalue weighted by Gasteiger charge is -2.11. The molecule has 0 atom stereocenters. The van der Waals surface area contributed by atoms with Gasteiger partial charge in [-0.1, -0.05) is 48.6 Å². The molecule has 0 bridgehead atoms. The Labute approximate surface area is 103 Å². The van der Waals surface area contributed by atoms with Gasteiger partial charge in [0.1, 0.15) is 0 Å². The highest BCUT2D eigenvalue weighted by Gasteiger charge is 2.01. The molecule has 2 aromatic rings. The van der Waals surface area contributed by atoms with Gasteiger partial charge in [-0.2, -0.15) is 0 Å². The predicted octanol–water partition coefficient (Wildman–Crippen LogP) is 4.55. The van der Waals surface area contributed by atoms with Crippen molar-refractivity contribution in [2.45, 2.75) is 13.3 Å². The summed E-state index contributed by atoms with van der Waals surface area (Å²) >= 11 is 0. The van der Waals surface area contributed by atoms with E-state index in [9.17, 15) is 0 Å². The Morgan fingerprint density at radius 1 is 1.00 bits per heavy atom. The second-order valence-electron chi connectivity index (χ2n) is 4.28. The first-order chi connectivity index (χ1) is 8.25. The molecular weight excluding hydrogens is 206 g/mol. The summed E-state index contributed by atoms with van der Waals surface area (Å²) < 4.78 is 0. The van der Waals surface area contributed by atoms with Crippen molar-refractivity contribution in [3.63, 3.8) is 0 Å².